The summed E-state index contributed by atoms with van der Waals surface area (Å²) in [4.78, 5) is 14.6. The normalized spacial score (nSPS) is 12.5. The summed E-state index contributed by atoms with van der Waals surface area (Å²) in [5, 5.41) is 10.5. The third-order valence-electron chi connectivity index (χ3n) is 2.83. The van der Waals surface area contributed by atoms with Crippen LogP contribution in [0.4, 0.5) is 5.69 Å². The minimum absolute atomic E-state index is 0.0661. The number of hydrogen-bond donors (Lipinski definition) is 0. The fraction of sp³-hybridized carbons (Fsp3) is 0.133. The quantitative estimate of drug-likeness (QED) is 0.473. The van der Waals surface area contributed by atoms with Gasteiger partial charge in [0.25, 0.3) is 5.69 Å². The minimum Gasteiger partial charge on any atom is -0.285 e. The zero-order valence-corrected chi connectivity index (χ0v) is 10.6. The Kier molecular flexibility index (Phi) is 4.03. The minimum atomic E-state index is -0.409. The molecule has 0 spiro atoms. The standard InChI is InChI=1S/C15H14N2O2/c1-12(14-5-3-2-4-6-14)16-11-13-7-9-15(10-8-13)17(18)19/h2-12H,1H3/b16-11+/t12-/m1/s1. The molecule has 0 bridgehead atoms. The maximum Gasteiger partial charge on any atom is 0.269 e. The summed E-state index contributed by atoms with van der Waals surface area (Å²) >= 11 is 0. The van der Waals surface area contributed by atoms with E-state index in [1.807, 2.05) is 37.3 Å². The SMILES string of the molecule is C[C@@H](/N=C/c1ccc([N+](=O)[O-])cc1)c1ccccc1. The topological polar surface area (TPSA) is 55.5 Å². The Hall–Kier alpha value is -2.49. The molecule has 1 atom stereocenters. The van der Waals surface area contributed by atoms with E-state index < -0.39 is 4.92 Å². The second kappa shape index (κ2) is 5.91. The first-order valence-electron chi connectivity index (χ1n) is 5.99. The molecule has 19 heavy (non-hydrogen) atoms. The van der Waals surface area contributed by atoms with Crippen LogP contribution in [0.3, 0.4) is 0 Å². The Morgan fingerprint density at radius 3 is 2.32 bits per heavy atom. The lowest BCUT2D eigenvalue weighted by Crippen LogP contribution is -1.91. The van der Waals surface area contributed by atoms with Crippen molar-refractivity contribution in [3.05, 3.63) is 75.8 Å². The zero-order valence-electron chi connectivity index (χ0n) is 10.6. The van der Waals surface area contributed by atoms with Crippen molar-refractivity contribution in [1.82, 2.24) is 0 Å². The molecule has 0 N–H and O–H groups in total. The number of nitrogens with zero attached hydrogens (tertiary/aromatic N) is 2. The lowest BCUT2D eigenvalue weighted by molar-refractivity contribution is -0.384. The van der Waals surface area contributed by atoms with Crippen LogP contribution >= 0.6 is 0 Å². The number of non-ortho nitro benzene ring substituents is 1. The summed E-state index contributed by atoms with van der Waals surface area (Å²) in [6.07, 6.45) is 1.74. The molecule has 0 aliphatic heterocycles. The van der Waals surface area contributed by atoms with E-state index >= 15 is 0 Å². The van der Waals surface area contributed by atoms with E-state index in [4.69, 9.17) is 0 Å². The second-order valence-electron chi connectivity index (χ2n) is 4.21. The van der Waals surface area contributed by atoms with Gasteiger partial charge in [-0.05, 0) is 30.2 Å². The van der Waals surface area contributed by atoms with Crippen molar-refractivity contribution >= 4 is 11.9 Å². The van der Waals surface area contributed by atoms with Crippen LogP contribution < -0.4 is 0 Å². The van der Waals surface area contributed by atoms with Crippen molar-refractivity contribution in [3.63, 3.8) is 0 Å². The number of aliphatic imine (C=N–C) groups is 1. The highest BCUT2D eigenvalue weighted by Gasteiger charge is 2.03. The molecule has 2 aromatic rings. The van der Waals surface area contributed by atoms with Gasteiger partial charge in [0.1, 0.15) is 0 Å². The lowest BCUT2D eigenvalue weighted by Gasteiger charge is -2.05. The summed E-state index contributed by atoms with van der Waals surface area (Å²) in [5.41, 5.74) is 2.09. The Morgan fingerprint density at radius 2 is 1.74 bits per heavy atom. The molecule has 2 aromatic carbocycles. The van der Waals surface area contributed by atoms with Crippen LogP contribution in [0.1, 0.15) is 24.1 Å². The summed E-state index contributed by atoms with van der Waals surface area (Å²) < 4.78 is 0. The smallest absolute Gasteiger partial charge is 0.269 e. The Bertz CT molecular complexity index is 577. The monoisotopic (exact) mass is 254 g/mol. The highest BCUT2D eigenvalue weighted by atomic mass is 16.6. The van der Waals surface area contributed by atoms with E-state index in [0.29, 0.717) is 0 Å². The molecule has 4 nitrogen and oxygen atoms in total. The zero-order chi connectivity index (χ0) is 13.7. The van der Waals surface area contributed by atoms with Crippen molar-refractivity contribution in [3.8, 4) is 0 Å². The number of nitro benzene ring substituents is 1. The van der Waals surface area contributed by atoms with Crippen LogP contribution in [-0.4, -0.2) is 11.1 Å². The molecular formula is C15H14N2O2. The van der Waals surface area contributed by atoms with E-state index in [2.05, 4.69) is 4.99 Å². The molecule has 0 amide bonds. The fourth-order valence-corrected chi connectivity index (χ4v) is 1.70. The molecule has 0 radical (unpaired) electrons. The van der Waals surface area contributed by atoms with Gasteiger partial charge >= 0.3 is 0 Å². The summed E-state index contributed by atoms with van der Waals surface area (Å²) in [6.45, 7) is 2.01. The Morgan fingerprint density at radius 1 is 1.11 bits per heavy atom. The maximum atomic E-state index is 10.5. The van der Waals surface area contributed by atoms with Gasteiger partial charge in [-0.1, -0.05) is 30.3 Å². The van der Waals surface area contributed by atoms with Crippen LogP contribution in [0.25, 0.3) is 0 Å². The van der Waals surface area contributed by atoms with Crippen LogP contribution in [0.2, 0.25) is 0 Å². The average molecular weight is 254 g/mol. The summed E-state index contributed by atoms with van der Waals surface area (Å²) in [5.74, 6) is 0. The molecule has 2 rings (SSSR count). The average Bonchev–Trinajstić information content (AvgIpc) is 2.46. The summed E-state index contributed by atoms with van der Waals surface area (Å²) in [6, 6.07) is 16.4. The third kappa shape index (κ3) is 3.48. The maximum absolute atomic E-state index is 10.5. The van der Waals surface area contributed by atoms with E-state index in [1.54, 1.807) is 18.3 Å². The Balaban J connectivity index is 2.08. The molecular weight excluding hydrogens is 240 g/mol. The fourth-order valence-electron chi connectivity index (χ4n) is 1.70. The lowest BCUT2D eigenvalue weighted by atomic mass is 10.1. The van der Waals surface area contributed by atoms with Gasteiger partial charge in [0.05, 0.1) is 11.0 Å². The van der Waals surface area contributed by atoms with Crippen molar-refractivity contribution < 1.29 is 4.92 Å². The van der Waals surface area contributed by atoms with E-state index in [-0.39, 0.29) is 11.7 Å². The van der Waals surface area contributed by atoms with Crippen LogP contribution in [0, 0.1) is 10.1 Å². The van der Waals surface area contributed by atoms with Gasteiger partial charge in [-0.15, -0.1) is 0 Å². The van der Waals surface area contributed by atoms with Crippen molar-refractivity contribution in [2.75, 3.05) is 0 Å². The summed E-state index contributed by atoms with van der Waals surface area (Å²) in [7, 11) is 0. The van der Waals surface area contributed by atoms with Gasteiger partial charge in [-0.25, -0.2) is 0 Å². The first kappa shape index (κ1) is 13.0. The molecule has 0 saturated carbocycles. The molecule has 0 aliphatic carbocycles. The predicted octanol–water partition coefficient (Wildman–Crippen LogP) is 3.77. The molecule has 0 aliphatic rings. The van der Waals surface area contributed by atoms with E-state index in [0.717, 1.165) is 11.1 Å². The second-order valence-corrected chi connectivity index (χ2v) is 4.21. The highest BCUT2D eigenvalue weighted by molar-refractivity contribution is 5.80. The van der Waals surface area contributed by atoms with Gasteiger partial charge in [0.2, 0.25) is 0 Å². The first-order valence-corrected chi connectivity index (χ1v) is 5.99. The number of hydrogen-bond acceptors (Lipinski definition) is 3. The van der Waals surface area contributed by atoms with Crippen LogP contribution in [0.15, 0.2) is 59.6 Å². The van der Waals surface area contributed by atoms with E-state index in [9.17, 15) is 10.1 Å². The van der Waals surface area contributed by atoms with Gasteiger partial charge in [-0.2, -0.15) is 0 Å². The predicted molar refractivity (Wildman–Crippen MR) is 75.5 cm³/mol. The van der Waals surface area contributed by atoms with Crippen molar-refractivity contribution in [2.45, 2.75) is 13.0 Å². The molecule has 4 heteroatoms. The molecule has 0 heterocycles. The van der Waals surface area contributed by atoms with Gasteiger partial charge < -0.3 is 0 Å². The van der Waals surface area contributed by atoms with E-state index in [1.165, 1.54) is 12.1 Å². The molecule has 0 saturated heterocycles. The Labute approximate surface area is 111 Å². The molecule has 0 unspecified atom stereocenters. The molecule has 96 valence electrons. The first-order chi connectivity index (χ1) is 9.16. The van der Waals surface area contributed by atoms with Gasteiger partial charge in [0.15, 0.2) is 0 Å². The van der Waals surface area contributed by atoms with Gasteiger partial charge in [-0.3, -0.25) is 15.1 Å². The van der Waals surface area contributed by atoms with Crippen LogP contribution in [0.5, 0.6) is 0 Å². The number of nitro groups is 1. The highest BCUT2D eigenvalue weighted by Crippen LogP contribution is 2.16. The van der Waals surface area contributed by atoms with Crippen LogP contribution in [-0.2, 0) is 0 Å². The molecule has 0 fully saturated rings. The van der Waals surface area contributed by atoms with Crippen molar-refractivity contribution in [2.24, 2.45) is 4.99 Å². The third-order valence-corrected chi connectivity index (χ3v) is 2.83. The number of rotatable bonds is 4. The number of benzene rings is 2. The molecule has 0 aromatic heterocycles. The van der Waals surface area contributed by atoms with Gasteiger partial charge in [0, 0.05) is 18.3 Å². The largest absolute Gasteiger partial charge is 0.285 e. The van der Waals surface area contributed by atoms with Crippen molar-refractivity contribution in [1.29, 1.82) is 0 Å².